The number of piperazine rings is 2. The number of carbonyl (C=O) groups is 1. The normalized spacial score (nSPS) is 20.7. The fraction of sp³-hybridized carbons (Fsp3) is 0.560. The Balaban J connectivity index is 1.09. The highest BCUT2D eigenvalue weighted by atomic mass is 19.1. The Labute approximate surface area is 195 Å². The molecule has 2 saturated heterocycles. The SMILES string of the molecule is Cc1ccc(-c2ccc(N3CCN(CC(=O)N4CCN(C5CCC5)CC4)CC3)nn2)c(F)c1. The zero-order valence-corrected chi connectivity index (χ0v) is 19.4. The van der Waals surface area contributed by atoms with E-state index in [0.717, 1.165) is 69.8 Å². The molecule has 0 radical (unpaired) electrons. The summed E-state index contributed by atoms with van der Waals surface area (Å²) in [6, 6.07) is 9.64. The van der Waals surface area contributed by atoms with Crippen LogP contribution in [-0.2, 0) is 4.79 Å². The molecule has 2 aliphatic heterocycles. The van der Waals surface area contributed by atoms with Gasteiger partial charge in [0.2, 0.25) is 5.91 Å². The van der Waals surface area contributed by atoms with Gasteiger partial charge >= 0.3 is 0 Å². The lowest BCUT2D eigenvalue weighted by Crippen LogP contribution is -2.56. The quantitative estimate of drug-likeness (QED) is 0.695. The van der Waals surface area contributed by atoms with Crippen molar-refractivity contribution in [3.05, 3.63) is 41.7 Å². The van der Waals surface area contributed by atoms with Crippen LogP contribution in [0.15, 0.2) is 30.3 Å². The smallest absolute Gasteiger partial charge is 0.236 e. The number of aromatic nitrogens is 2. The average Bonchev–Trinajstić information content (AvgIpc) is 2.79. The third-order valence-electron chi connectivity index (χ3n) is 7.36. The van der Waals surface area contributed by atoms with Crippen LogP contribution in [0.4, 0.5) is 10.2 Å². The second-order valence-corrected chi connectivity index (χ2v) is 9.52. The van der Waals surface area contributed by atoms with Crippen molar-refractivity contribution < 1.29 is 9.18 Å². The molecule has 1 amide bonds. The molecule has 1 aromatic heterocycles. The predicted octanol–water partition coefficient (Wildman–Crippen LogP) is 2.41. The monoisotopic (exact) mass is 452 g/mol. The molecule has 3 heterocycles. The summed E-state index contributed by atoms with van der Waals surface area (Å²) in [5, 5.41) is 8.61. The lowest BCUT2D eigenvalue weighted by molar-refractivity contribution is -0.134. The topological polar surface area (TPSA) is 55.8 Å². The second kappa shape index (κ2) is 9.73. The molecule has 3 aliphatic rings. The van der Waals surface area contributed by atoms with Gasteiger partial charge in [-0.25, -0.2) is 4.39 Å². The van der Waals surface area contributed by atoms with Crippen molar-refractivity contribution in [1.82, 2.24) is 24.9 Å². The van der Waals surface area contributed by atoms with Crippen molar-refractivity contribution in [2.45, 2.75) is 32.2 Å². The Hall–Kier alpha value is -2.58. The molecule has 1 aliphatic carbocycles. The van der Waals surface area contributed by atoms with Gasteiger partial charge in [0, 0.05) is 64.0 Å². The standard InChI is InChI=1S/C25H33FN6O/c1-19-5-6-21(22(26)17-19)23-7-8-24(28-27-23)31-11-9-29(10-12-31)18-25(33)32-15-13-30(14-16-32)20-3-2-4-20/h5-8,17,20H,2-4,9-16,18H2,1H3. The van der Waals surface area contributed by atoms with Crippen LogP contribution in [0.25, 0.3) is 11.3 Å². The summed E-state index contributed by atoms with van der Waals surface area (Å²) >= 11 is 0. The Morgan fingerprint density at radius 1 is 0.970 bits per heavy atom. The van der Waals surface area contributed by atoms with Gasteiger partial charge in [-0.05, 0) is 49.6 Å². The minimum Gasteiger partial charge on any atom is -0.353 e. The molecule has 2 aromatic rings. The summed E-state index contributed by atoms with van der Waals surface area (Å²) in [7, 11) is 0. The van der Waals surface area contributed by atoms with E-state index in [1.165, 1.54) is 25.3 Å². The van der Waals surface area contributed by atoms with Gasteiger partial charge in [-0.15, -0.1) is 10.2 Å². The second-order valence-electron chi connectivity index (χ2n) is 9.52. The molecule has 1 saturated carbocycles. The number of carbonyl (C=O) groups excluding carboxylic acids is 1. The number of rotatable bonds is 5. The minimum absolute atomic E-state index is 0.251. The molecule has 7 nitrogen and oxygen atoms in total. The van der Waals surface area contributed by atoms with Crippen molar-refractivity contribution in [2.75, 3.05) is 63.8 Å². The van der Waals surface area contributed by atoms with Crippen LogP contribution in [0.5, 0.6) is 0 Å². The molecule has 176 valence electrons. The predicted molar refractivity (Wildman–Crippen MR) is 127 cm³/mol. The van der Waals surface area contributed by atoms with E-state index in [2.05, 4.69) is 24.9 Å². The molecule has 1 aromatic carbocycles. The minimum atomic E-state index is -0.278. The number of hydrogen-bond acceptors (Lipinski definition) is 6. The van der Waals surface area contributed by atoms with Crippen molar-refractivity contribution in [3.63, 3.8) is 0 Å². The van der Waals surface area contributed by atoms with Crippen LogP contribution >= 0.6 is 0 Å². The summed E-state index contributed by atoms with van der Waals surface area (Å²) in [5.74, 6) is 0.769. The number of halogens is 1. The maximum Gasteiger partial charge on any atom is 0.236 e. The van der Waals surface area contributed by atoms with E-state index in [1.54, 1.807) is 6.07 Å². The molecule has 0 bridgehead atoms. The maximum atomic E-state index is 14.2. The summed E-state index contributed by atoms with van der Waals surface area (Å²) in [6.45, 7) is 9.37. The Bertz CT molecular complexity index is 963. The average molecular weight is 453 g/mol. The molecule has 0 atom stereocenters. The van der Waals surface area contributed by atoms with Gasteiger partial charge in [0.25, 0.3) is 0 Å². The molecule has 0 N–H and O–H groups in total. The first-order valence-electron chi connectivity index (χ1n) is 12.2. The van der Waals surface area contributed by atoms with Crippen molar-refractivity contribution in [1.29, 1.82) is 0 Å². The zero-order chi connectivity index (χ0) is 22.8. The third kappa shape index (κ3) is 5.01. The first-order chi connectivity index (χ1) is 16.1. The van der Waals surface area contributed by atoms with E-state index in [9.17, 15) is 9.18 Å². The van der Waals surface area contributed by atoms with Gasteiger partial charge in [0.15, 0.2) is 5.82 Å². The molecule has 3 fully saturated rings. The fourth-order valence-electron chi connectivity index (χ4n) is 4.98. The van der Waals surface area contributed by atoms with Gasteiger partial charge in [0.05, 0.1) is 12.2 Å². The van der Waals surface area contributed by atoms with Crippen LogP contribution in [0.2, 0.25) is 0 Å². The number of nitrogens with zero attached hydrogens (tertiary/aromatic N) is 6. The zero-order valence-electron chi connectivity index (χ0n) is 19.4. The number of benzene rings is 1. The van der Waals surface area contributed by atoms with Crippen LogP contribution < -0.4 is 4.90 Å². The van der Waals surface area contributed by atoms with Crippen LogP contribution in [0.3, 0.4) is 0 Å². The number of hydrogen-bond donors (Lipinski definition) is 0. The van der Waals surface area contributed by atoms with Crippen molar-refractivity contribution in [2.24, 2.45) is 0 Å². The van der Waals surface area contributed by atoms with Gasteiger partial charge in [-0.3, -0.25) is 14.6 Å². The maximum absolute atomic E-state index is 14.2. The van der Waals surface area contributed by atoms with E-state index >= 15 is 0 Å². The first-order valence-corrected chi connectivity index (χ1v) is 12.2. The van der Waals surface area contributed by atoms with E-state index in [0.29, 0.717) is 17.8 Å². The lowest BCUT2D eigenvalue weighted by Gasteiger charge is -2.43. The summed E-state index contributed by atoms with van der Waals surface area (Å²) in [4.78, 5) is 21.8. The molecule has 5 rings (SSSR count). The highest BCUT2D eigenvalue weighted by Gasteiger charge is 2.30. The van der Waals surface area contributed by atoms with Gasteiger partial charge in [-0.2, -0.15) is 0 Å². The summed E-state index contributed by atoms with van der Waals surface area (Å²) < 4.78 is 14.2. The van der Waals surface area contributed by atoms with Crippen molar-refractivity contribution >= 4 is 11.7 Å². The Morgan fingerprint density at radius 2 is 1.73 bits per heavy atom. The van der Waals surface area contributed by atoms with Crippen LogP contribution in [0.1, 0.15) is 24.8 Å². The van der Waals surface area contributed by atoms with Crippen LogP contribution in [-0.4, -0.2) is 95.7 Å². The fourth-order valence-corrected chi connectivity index (χ4v) is 4.98. The molecular formula is C25H33FN6O. The Kier molecular flexibility index (Phi) is 6.55. The summed E-state index contributed by atoms with van der Waals surface area (Å²) in [5.41, 5.74) is 1.89. The van der Waals surface area contributed by atoms with E-state index in [4.69, 9.17) is 0 Å². The molecule has 0 unspecified atom stereocenters. The first kappa shape index (κ1) is 22.2. The van der Waals surface area contributed by atoms with Gasteiger partial charge in [-0.1, -0.05) is 12.5 Å². The summed E-state index contributed by atoms with van der Waals surface area (Å²) in [6.07, 6.45) is 4.01. The van der Waals surface area contributed by atoms with E-state index < -0.39 is 0 Å². The highest BCUT2D eigenvalue weighted by molar-refractivity contribution is 5.78. The Morgan fingerprint density at radius 3 is 2.33 bits per heavy atom. The molecule has 33 heavy (non-hydrogen) atoms. The number of amides is 1. The number of anilines is 1. The third-order valence-corrected chi connectivity index (χ3v) is 7.36. The number of aryl methyl sites for hydroxylation is 1. The molecular weight excluding hydrogens is 419 g/mol. The van der Waals surface area contributed by atoms with Gasteiger partial charge in [0.1, 0.15) is 5.82 Å². The van der Waals surface area contributed by atoms with E-state index in [1.807, 2.05) is 30.0 Å². The van der Waals surface area contributed by atoms with E-state index in [-0.39, 0.29) is 11.7 Å². The highest BCUT2D eigenvalue weighted by Crippen LogP contribution is 2.26. The largest absolute Gasteiger partial charge is 0.353 e. The molecule has 8 heteroatoms. The van der Waals surface area contributed by atoms with Crippen LogP contribution in [0, 0.1) is 12.7 Å². The molecule has 0 spiro atoms. The van der Waals surface area contributed by atoms with Gasteiger partial charge < -0.3 is 9.80 Å². The lowest BCUT2D eigenvalue weighted by atomic mass is 9.91. The van der Waals surface area contributed by atoms with Crippen molar-refractivity contribution in [3.8, 4) is 11.3 Å².